The summed E-state index contributed by atoms with van der Waals surface area (Å²) in [5.41, 5.74) is 11.4. The molecule has 14 aromatic carbocycles. The molecule has 0 fully saturated rings. The first kappa shape index (κ1) is 38.1. The van der Waals surface area contributed by atoms with E-state index in [1.54, 1.807) is 0 Å². The normalized spacial score (nSPS) is 12.1. The lowest BCUT2D eigenvalue weighted by Gasteiger charge is -2.14. The molecule has 0 unspecified atom stereocenters. The van der Waals surface area contributed by atoms with Crippen LogP contribution in [0.15, 0.2) is 247 Å². The highest BCUT2D eigenvalue weighted by Gasteiger charge is 2.16. The van der Waals surface area contributed by atoms with E-state index in [-0.39, 0.29) is 0 Å². The van der Waals surface area contributed by atoms with Crippen LogP contribution in [-0.4, -0.2) is 0 Å². The van der Waals surface area contributed by atoms with Gasteiger partial charge in [-0.05, 0) is 191 Å². The van der Waals surface area contributed by atoms with E-state index >= 15 is 0 Å². The number of furan rings is 1. The molecule has 318 valence electrons. The Morgan fingerprint density at radius 1 is 0.188 bits per heavy atom. The highest BCUT2D eigenvalue weighted by molar-refractivity contribution is 6.25. The fourth-order valence-electron chi connectivity index (χ4n) is 11.6. The second-order valence-corrected chi connectivity index (χ2v) is 18.8. The van der Waals surface area contributed by atoms with Gasteiger partial charge in [-0.15, -0.1) is 0 Å². The average Bonchev–Trinajstić information content (AvgIpc) is 3.79. The van der Waals surface area contributed by atoms with E-state index in [4.69, 9.17) is 4.42 Å². The van der Waals surface area contributed by atoms with E-state index in [0.717, 1.165) is 21.9 Å². The van der Waals surface area contributed by atoms with Gasteiger partial charge in [0.2, 0.25) is 0 Å². The van der Waals surface area contributed by atoms with Gasteiger partial charge in [0.05, 0.1) is 0 Å². The van der Waals surface area contributed by atoms with Crippen LogP contribution in [0.1, 0.15) is 0 Å². The molecule has 0 bridgehead atoms. The van der Waals surface area contributed by atoms with E-state index in [1.807, 2.05) is 0 Å². The number of rotatable bonds is 4. The monoisotopic (exact) mass is 872 g/mol. The largest absolute Gasteiger partial charge is 0.456 e. The molecule has 0 aliphatic carbocycles. The van der Waals surface area contributed by atoms with Gasteiger partial charge >= 0.3 is 0 Å². The van der Waals surface area contributed by atoms with E-state index in [0.29, 0.717) is 0 Å². The third-order valence-corrected chi connectivity index (χ3v) is 14.9. The first-order valence-corrected chi connectivity index (χ1v) is 23.9. The quantitative estimate of drug-likeness (QED) is 0.161. The fourth-order valence-corrected chi connectivity index (χ4v) is 11.6. The number of hydrogen-bond donors (Lipinski definition) is 0. The zero-order valence-electron chi connectivity index (χ0n) is 37.5. The van der Waals surface area contributed by atoms with Gasteiger partial charge in [-0.2, -0.15) is 0 Å². The number of fused-ring (bicyclic) bond motifs is 15. The van der Waals surface area contributed by atoms with Crippen molar-refractivity contribution >= 4 is 108 Å². The topological polar surface area (TPSA) is 13.1 Å². The van der Waals surface area contributed by atoms with Crippen molar-refractivity contribution in [3.63, 3.8) is 0 Å². The number of benzene rings is 14. The van der Waals surface area contributed by atoms with Crippen LogP contribution in [-0.2, 0) is 0 Å². The van der Waals surface area contributed by atoms with E-state index in [9.17, 15) is 0 Å². The van der Waals surface area contributed by atoms with Gasteiger partial charge < -0.3 is 4.42 Å². The molecule has 0 spiro atoms. The summed E-state index contributed by atoms with van der Waals surface area (Å²) in [5.74, 6) is 0. The van der Waals surface area contributed by atoms with Crippen LogP contribution < -0.4 is 0 Å². The minimum absolute atomic E-state index is 0.892. The summed E-state index contributed by atoms with van der Waals surface area (Å²) < 4.78 is 6.48. The van der Waals surface area contributed by atoms with Crippen molar-refractivity contribution in [3.05, 3.63) is 243 Å². The molecular weight excluding hydrogens is 833 g/mol. The first-order chi connectivity index (χ1) is 34.1. The Balaban J connectivity index is 0.802. The lowest BCUT2D eigenvalue weighted by Crippen LogP contribution is -1.87. The molecule has 0 aliphatic heterocycles. The molecule has 0 saturated carbocycles. The zero-order valence-corrected chi connectivity index (χ0v) is 37.5. The third-order valence-electron chi connectivity index (χ3n) is 14.9. The highest BCUT2D eigenvalue weighted by Crippen LogP contribution is 2.43. The maximum atomic E-state index is 6.48. The lowest BCUT2D eigenvalue weighted by molar-refractivity contribution is 0.669. The summed E-state index contributed by atoms with van der Waals surface area (Å²) in [6, 6.07) is 89.8. The molecule has 15 aromatic rings. The second-order valence-electron chi connectivity index (χ2n) is 18.8. The predicted octanol–water partition coefficient (Wildman–Crippen LogP) is 19.5. The van der Waals surface area contributed by atoms with Crippen molar-refractivity contribution in [1.29, 1.82) is 0 Å². The Morgan fingerprint density at radius 3 is 0.986 bits per heavy atom. The van der Waals surface area contributed by atoms with Crippen molar-refractivity contribution in [2.45, 2.75) is 0 Å². The molecule has 0 N–H and O–H groups in total. The minimum Gasteiger partial charge on any atom is -0.456 e. The molecule has 15 rings (SSSR count). The van der Waals surface area contributed by atoms with Gasteiger partial charge in [0.1, 0.15) is 11.2 Å². The van der Waals surface area contributed by atoms with E-state index in [2.05, 4.69) is 243 Å². The molecule has 0 aliphatic rings. The lowest BCUT2D eigenvalue weighted by atomic mass is 9.90. The van der Waals surface area contributed by atoms with Crippen LogP contribution in [0.3, 0.4) is 0 Å². The zero-order chi connectivity index (χ0) is 45.2. The van der Waals surface area contributed by atoms with Crippen LogP contribution >= 0.6 is 0 Å². The Morgan fingerprint density at radius 2 is 0.522 bits per heavy atom. The maximum Gasteiger partial charge on any atom is 0.135 e. The molecule has 0 amide bonds. The Bertz CT molecular complexity index is 4370. The Hall–Kier alpha value is -9.04. The minimum atomic E-state index is 0.892. The van der Waals surface area contributed by atoms with Crippen LogP contribution in [0.4, 0.5) is 0 Å². The molecule has 1 heterocycles. The van der Waals surface area contributed by atoms with Crippen molar-refractivity contribution in [2.75, 3.05) is 0 Å². The molecule has 69 heavy (non-hydrogen) atoms. The highest BCUT2D eigenvalue weighted by atomic mass is 16.3. The standard InChI is InChI=1S/C68H40O/c1-3-11-55-43(9-1)21-27-51-39-61(57-13-5-7-15-59(57)67(51)55)49-25-19-41-17-23-45(33-53(41)35-49)47-29-31-65-63(37-47)64-38-48(30-32-66(64)69-65)46-24-18-42-20-26-50(36-54(42)34-46)62-40-52-28-22-44-10-2-4-12-56(44)68(52)60-16-8-6-14-58(60)62/h1-40H. The van der Waals surface area contributed by atoms with Crippen molar-refractivity contribution in [3.8, 4) is 44.5 Å². The summed E-state index contributed by atoms with van der Waals surface area (Å²) in [4.78, 5) is 0. The summed E-state index contributed by atoms with van der Waals surface area (Å²) in [7, 11) is 0. The summed E-state index contributed by atoms with van der Waals surface area (Å²) in [6.45, 7) is 0. The van der Waals surface area contributed by atoms with Crippen LogP contribution in [0.2, 0.25) is 0 Å². The number of hydrogen-bond acceptors (Lipinski definition) is 1. The summed E-state index contributed by atoms with van der Waals surface area (Å²) in [5, 5.41) is 22.5. The predicted molar refractivity (Wildman–Crippen MR) is 296 cm³/mol. The molecule has 1 nitrogen and oxygen atoms in total. The third kappa shape index (κ3) is 5.97. The van der Waals surface area contributed by atoms with E-state index in [1.165, 1.54) is 131 Å². The van der Waals surface area contributed by atoms with Crippen molar-refractivity contribution in [2.24, 2.45) is 0 Å². The smallest absolute Gasteiger partial charge is 0.135 e. The van der Waals surface area contributed by atoms with Crippen LogP contribution in [0.5, 0.6) is 0 Å². The molecule has 0 atom stereocenters. The molecular formula is C68H40O. The molecule has 1 aromatic heterocycles. The first-order valence-electron chi connectivity index (χ1n) is 23.9. The van der Waals surface area contributed by atoms with Crippen molar-refractivity contribution in [1.82, 2.24) is 0 Å². The van der Waals surface area contributed by atoms with Gasteiger partial charge in [0.25, 0.3) is 0 Å². The van der Waals surface area contributed by atoms with Gasteiger partial charge in [0.15, 0.2) is 0 Å². The van der Waals surface area contributed by atoms with Crippen LogP contribution in [0.25, 0.3) is 153 Å². The Kier molecular flexibility index (Phi) is 8.13. The Labute approximate surface area is 397 Å². The van der Waals surface area contributed by atoms with Crippen molar-refractivity contribution < 1.29 is 4.42 Å². The van der Waals surface area contributed by atoms with Gasteiger partial charge in [0, 0.05) is 10.8 Å². The molecule has 1 heteroatoms. The molecule has 0 saturated heterocycles. The van der Waals surface area contributed by atoms with Gasteiger partial charge in [-0.25, -0.2) is 0 Å². The van der Waals surface area contributed by atoms with Crippen LogP contribution in [0, 0.1) is 0 Å². The SMILES string of the molecule is c1ccc2c(c1)ccc1cc(-c3ccc4ccc(-c5ccc6oc7ccc(-c8ccc9ccc(-c%10cc%11ccc%12ccccc%12c%11c%11ccccc%10%11)cc9c8)cc7c6c5)cc4c3)c3ccccc3c12. The summed E-state index contributed by atoms with van der Waals surface area (Å²) in [6.07, 6.45) is 0. The fraction of sp³-hybridized carbons (Fsp3) is 0. The average molecular weight is 873 g/mol. The van der Waals surface area contributed by atoms with Gasteiger partial charge in [-0.3, -0.25) is 0 Å². The summed E-state index contributed by atoms with van der Waals surface area (Å²) >= 11 is 0. The second kappa shape index (κ2) is 14.7. The van der Waals surface area contributed by atoms with Gasteiger partial charge in [-0.1, -0.05) is 182 Å². The maximum absolute atomic E-state index is 6.48. The molecule has 0 radical (unpaired) electrons. The van der Waals surface area contributed by atoms with E-state index < -0.39 is 0 Å².